The third-order valence-corrected chi connectivity index (χ3v) is 3.74. The minimum absolute atomic E-state index is 0.235. The lowest BCUT2D eigenvalue weighted by atomic mass is 10.2. The average molecular weight is 329 g/mol. The fourth-order valence-corrected chi connectivity index (χ4v) is 2.66. The number of nitrogens with one attached hydrogen (secondary N) is 1. The monoisotopic (exact) mass is 328 g/mol. The summed E-state index contributed by atoms with van der Waals surface area (Å²) in [7, 11) is 0. The molecule has 0 saturated heterocycles. The van der Waals surface area contributed by atoms with E-state index in [9.17, 15) is 4.79 Å². The first-order valence-electron chi connectivity index (χ1n) is 7.49. The van der Waals surface area contributed by atoms with Gasteiger partial charge in [-0.15, -0.1) is 0 Å². The number of carbonyl (C=O) groups is 1. The van der Waals surface area contributed by atoms with Crippen LogP contribution < -0.4 is 5.32 Å². The minimum atomic E-state index is -0.235. The standard InChI is InChI=1S/C17H17ClN4O/c1-3-4-13-16(22-10-12(18)5-6-15(22)20-13)17(23)21-14-9-11(2)7-8-19-14/h5-10H,3-4H2,1-2H3,(H,19,21,23). The van der Waals surface area contributed by atoms with Crippen molar-refractivity contribution in [3.8, 4) is 0 Å². The average Bonchev–Trinajstić information content (AvgIpc) is 2.85. The summed E-state index contributed by atoms with van der Waals surface area (Å²) >= 11 is 6.07. The Morgan fingerprint density at radius 2 is 2.17 bits per heavy atom. The quantitative estimate of drug-likeness (QED) is 0.790. The van der Waals surface area contributed by atoms with Crippen molar-refractivity contribution < 1.29 is 4.79 Å². The Hall–Kier alpha value is -2.40. The maximum absolute atomic E-state index is 12.8. The lowest BCUT2D eigenvalue weighted by molar-refractivity contribution is 0.102. The third kappa shape index (κ3) is 3.19. The van der Waals surface area contributed by atoms with Crippen LogP contribution >= 0.6 is 11.6 Å². The van der Waals surface area contributed by atoms with E-state index in [4.69, 9.17) is 11.6 Å². The van der Waals surface area contributed by atoms with Crippen molar-refractivity contribution >= 4 is 29.0 Å². The van der Waals surface area contributed by atoms with Gasteiger partial charge in [0.15, 0.2) is 0 Å². The predicted octanol–water partition coefficient (Wildman–Crippen LogP) is 3.90. The predicted molar refractivity (Wildman–Crippen MR) is 91.1 cm³/mol. The van der Waals surface area contributed by atoms with E-state index >= 15 is 0 Å². The minimum Gasteiger partial charge on any atom is -0.305 e. The van der Waals surface area contributed by atoms with Crippen LogP contribution in [0.2, 0.25) is 5.02 Å². The van der Waals surface area contributed by atoms with E-state index in [1.807, 2.05) is 25.1 Å². The highest BCUT2D eigenvalue weighted by atomic mass is 35.5. The summed E-state index contributed by atoms with van der Waals surface area (Å²) < 4.78 is 1.73. The van der Waals surface area contributed by atoms with Gasteiger partial charge in [0, 0.05) is 12.4 Å². The van der Waals surface area contributed by atoms with E-state index in [0.29, 0.717) is 22.2 Å². The molecule has 0 unspecified atom stereocenters. The van der Waals surface area contributed by atoms with Gasteiger partial charge in [0.1, 0.15) is 17.2 Å². The Kier molecular flexibility index (Phi) is 4.30. The first-order chi connectivity index (χ1) is 11.1. The van der Waals surface area contributed by atoms with Crippen LogP contribution in [0, 0.1) is 6.92 Å². The van der Waals surface area contributed by atoms with Crippen molar-refractivity contribution in [1.29, 1.82) is 0 Å². The van der Waals surface area contributed by atoms with Crippen LogP contribution in [-0.4, -0.2) is 20.3 Å². The molecule has 3 aromatic heterocycles. The zero-order chi connectivity index (χ0) is 16.4. The molecule has 0 spiro atoms. The number of carbonyl (C=O) groups excluding carboxylic acids is 1. The summed E-state index contributed by atoms with van der Waals surface area (Å²) in [5.41, 5.74) is 3.01. The maximum atomic E-state index is 12.8. The first kappa shape index (κ1) is 15.5. The van der Waals surface area contributed by atoms with E-state index in [2.05, 4.69) is 22.2 Å². The van der Waals surface area contributed by atoms with Gasteiger partial charge in [-0.2, -0.15) is 0 Å². The van der Waals surface area contributed by atoms with Gasteiger partial charge in [0.2, 0.25) is 0 Å². The normalized spacial score (nSPS) is 10.9. The molecule has 0 bridgehead atoms. The number of pyridine rings is 2. The number of amides is 1. The number of fused-ring (bicyclic) bond motifs is 1. The molecule has 118 valence electrons. The second kappa shape index (κ2) is 6.38. The lowest BCUT2D eigenvalue weighted by Crippen LogP contribution is -2.17. The lowest BCUT2D eigenvalue weighted by Gasteiger charge is -2.07. The number of rotatable bonds is 4. The number of aromatic nitrogens is 3. The van der Waals surface area contributed by atoms with Crippen molar-refractivity contribution in [2.24, 2.45) is 0 Å². The Morgan fingerprint density at radius 1 is 1.35 bits per heavy atom. The van der Waals surface area contributed by atoms with Crippen LogP contribution in [0.5, 0.6) is 0 Å². The first-order valence-corrected chi connectivity index (χ1v) is 7.86. The Balaban J connectivity index is 2.04. The highest BCUT2D eigenvalue weighted by molar-refractivity contribution is 6.30. The molecule has 6 heteroatoms. The van der Waals surface area contributed by atoms with Crippen molar-refractivity contribution in [2.45, 2.75) is 26.7 Å². The highest BCUT2D eigenvalue weighted by Crippen LogP contribution is 2.19. The van der Waals surface area contributed by atoms with Crippen molar-refractivity contribution in [3.05, 3.63) is 58.6 Å². The summed E-state index contributed by atoms with van der Waals surface area (Å²) in [6, 6.07) is 7.28. The summed E-state index contributed by atoms with van der Waals surface area (Å²) in [6.45, 7) is 4.01. The fourth-order valence-electron chi connectivity index (χ4n) is 2.50. The summed E-state index contributed by atoms with van der Waals surface area (Å²) in [5.74, 6) is 0.288. The molecule has 0 saturated carbocycles. The van der Waals surface area contributed by atoms with Gasteiger partial charge in [0.05, 0.1) is 10.7 Å². The summed E-state index contributed by atoms with van der Waals surface area (Å²) in [6.07, 6.45) is 5.01. The second-order valence-electron chi connectivity index (χ2n) is 5.41. The molecule has 5 nitrogen and oxygen atoms in total. The van der Waals surface area contributed by atoms with E-state index in [1.54, 1.807) is 22.9 Å². The second-order valence-corrected chi connectivity index (χ2v) is 5.84. The topological polar surface area (TPSA) is 59.3 Å². The summed E-state index contributed by atoms with van der Waals surface area (Å²) in [5, 5.41) is 3.40. The number of hydrogen-bond acceptors (Lipinski definition) is 3. The van der Waals surface area contributed by atoms with Gasteiger partial charge < -0.3 is 5.32 Å². The molecular weight excluding hydrogens is 312 g/mol. The molecule has 3 heterocycles. The molecule has 0 aliphatic rings. The number of nitrogens with zero attached hydrogens (tertiary/aromatic N) is 3. The van der Waals surface area contributed by atoms with Crippen LogP contribution in [0.25, 0.3) is 5.65 Å². The van der Waals surface area contributed by atoms with Gasteiger partial charge >= 0.3 is 0 Å². The zero-order valence-corrected chi connectivity index (χ0v) is 13.8. The number of imidazole rings is 1. The van der Waals surface area contributed by atoms with E-state index < -0.39 is 0 Å². The van der Waals surface area contributed by atoms with E-state index in [-0.39, 0.29) is 5.91 Å². The van der Waals surface area contributed by atoms with Crippen LogP contribution in [0.4, 0.5) is 5.82 Å². The molecular formula is C17H17ClN4O. The van der Waals surface area contributed by atoms with E-state index in [0.717, 1.165) is 24.1 Å². The maximum Gasteiger partial charge on any atom is 0.275 e. The zero-order valence-electron chi connectivity index (χ0n) is 13.0. The number of anilines is 1. The molecule has 3 rings (SSSR count). The van der Waals surface area contributed by atoms with Gasteiger partial charge in [-0.25, -0.2) is 9.97 Å². The molecule has 0 atom stereocenters. The Bertz CT molecular complexity index is 872. The van der Waals surface area contributed by atoms with Crippen molar-refractivity contribution in [2.75, 3.05) is 5.32 Å². The molecule has 0 aliphatic carbocycles. The van der Waals surface area contributed by atoms with Crippen LogP contribution in [0.15, 0.2) is 36.7 Å². The fraction of sp³-hybridized carbons (Fsp3) is 0.235. The number of aryl methyl sites for hydroxylation is 2. The smallest absolute Gasteiger partial charge is 0.275 e. The van der Waals surface area contributed by atoms with E-state index in [1.165, 1.54) is 0 Å². The number of halogens is 1. The van der Waals surface area contributed by atoms with Crippen LogP contribution in [-0.2, 0) is 6.42 Å². The van der Waals surface area contributed by atoms with Gasteiger partial charge in [0.25, 0.3) is 5.91 Å². The van der Waals surface area contributed by atoms with Crippen molar-refractivity contribution in [3.63, 3.8) is 0 Å². The molecule has 0 aromatic carbocycles. The largest absolute Gasteiger partial charge is 0.305 e. The van der Waals surface area contributed by atoms with Gasteiger partial charge in [-0.05, 0) is 43.2 Å². The molecule has 1 amide bonds. The molecule has 0 aliphatic heterocycles. The molecule has 0 radical (unpaired) electrons. The Morgan fingerprint density at radius 3 is 2.91 bits per heavy atom. The molecule has 3 aromatic rings. The van der Waals surface area contributed by atoms with Gasteiger partial charge in [-0.1, -0.05) is 24.9 Å². The third-order valence-electron chi connectivity index (χ3n) is 3.51. The van der Waals surface area contributed by atoms with Gasteiger partial charge in [-0.3, -0.25) is 9.20 Å². The SMILES string of the molecule is CCCc1nc2ccc(Cl)cn2c1C(=O)Nc1cc(C)ccn1. The Labute approximate surface area is 139 Å². The molecule has 23 heavy (non-hydrogen) atoms. The molecule has 0 fully saturated rings. The summed E-state index contributed by atoms with van der Waals surface area (Å²) in [4.78, 5) is 21.5. The highest BCUT2D eigenvalue weighted by Gasteiger charge is 2.19. The number of hydrogen-bond donors (Lipinski definition) is 1. The van der Waals surface area contributed by atoms with Crippen LogP contribution in [0.3, 0.4) is 0 Å². The van der Waals surface area contributed by atoms with Crippen molar-refractivity contribution in [1.82, 2.24) is 14.4 Å². The van der Waals surface area contributed by atoms with Crippen LogP contribution in [0.1, 0.15) is 35.1 Å². The molecule has 1 N–H and O–H groups in total.